The van der Waals surface area contributed by atoms with Gasteiger partial charge < -0.3 is 19.1 Å². The van der Waals surface area contributed by atoms with Gasteiger partial charge in [0.25, 0.3) is 5.56 Å². The van der Waals surface area contributed by atoms with Gasteiger partial charge in [-0.25, -0.2) is 10.2 Å². The maximum absolute atomic E-state index is 12.6. The van der Waals surface area contributed by atoms with Gasteiger partial charge in [-0.3, -0.25) is 14.3 Å². The summed E-state index contributed by atoms with van der Waals surface area (Å²) in [5, 5.41) is 14.8. The Balaban J connectivity index is 1.59. The Morgan fingerprint density at radius 1 is 1.15 bits per heavy atom. The van der Waals surface area contributed by atoms with Crippen LogP contribution in [-0.2, 0) is 13.6 Å². The largest absolute Gasteiger partial charge is 0.497 e. The molecule has 0 saturated carbocycles. The smallest absolute Gasteiger partial charge is 0.329 e. The van der Waals surface area contributed by atoms with Crippen LogP contribution in [0.4, 0.5) is 5.95 Å². The van der Waals surface area contributed by atoms with Crippen molar-refractivity contribution in [3.63, 3.8) is 0 Å². The molecule has 2 aromatic carbocycles. The number of fused-ring (bicyclic) bond motifs is 1. The number of aryl methyl sites for hydroxylation is 1. The lowest BCUT2D eigenvalue weighted by molar-refractivity contribution is 0.0938. The van der Waals surface area contributed by atoms with Crippen molar-refractivity contribution < 1.29 is 14.6 Å². The van der Waals surface area contributed by atoms with Gasteiger partial charge in [0.05, 0.1) is 19.9 Å². The first-order chi connectivity index (χ1) is 16.5. The van der Waals surface area contributed by atoms with E-state index in [2.05, 4.69) is 20.5 Å². The van der Waals surface area contributed by atoms with Gasteiger partial charge in [0.1, 0.15) is 24.2 Å². The molecule has 34 heavy (non-hydrogen) atoms. The van der Waals surface area contributed by atoms with Gasteiger partial charge in [-0.15, -0.1) is 0 Å². The van der Waals surface area contributed by atoms with E-state index in [0.29, 0.717) is 11.5 Å². The van der Waals surface area contributed by atoms with E-state index in [4.69, 9.17) is 9.47 Å². The third-order valence-electron chi connectivity index (χ3n) is 5.08. The van der Waals surface area contributed by atoms with E-state index >= 15 is 0 Å². The van der Waals surface area contributed by atoms with Crippen LogP contribution in [0.1, 0.15) is 5.56 Å². The number of ether oxygens (including phenoxy) is 2. The van der Waals surface area contributed by atoms with E-state index in [1.807, 2.05) is 30.3 Å². The molecular weight excluding hydrogens is 440 g/mol. The molecule has 0 saturated heterocycles. The van der Waals surface area contributed by atoms with Crippen molar-refractivity contribution in [3.8, 4) is 11.5 Å². The molecule has 11 nitrogen and oxygen atoms in total. The zero-order valence-corrected chi connectivity index (χ0v) is 18.6. The minimum Gasteiger partial charge on any atom is -0.497 e. The lowest BCUT2D eigenvalue weighted by atomic mass is 10.2. The van der Waals surface area contributed by atoms with Gasteiger partial charge in [-0.05, 0) is 29.8 Å². The number of rotatable bonds is 9. The number of imidazole rings is 1. The predicted octanol–water partition coefficient (Wildman–Crippen LogP) is 1.32. The van der Waals surface area contributed by atoms with Crippen molar-refractivity contribution in [2.75, 3.05) is 19.1 Å². The van der Waals surface area contributed by atoms with Crippen molar-refractivity contribution in [2.24, 2.45) is 12.1 Å². The highest BCUT2D eigenvalue weighted by atomic mass is 16.5. The molecule has 0 fully saturated rings. The molecule has 0 amide bonds. The van der Waals surface area contributed by atoms with Gasteiger partial charge in [0, 0.05) is 7.05 Å². The van der Waals surface area contributed by atoms with Crippen molar-refractivity contribution >= 4 is 23.3 Å². The summed E-state index contributed by atoms with van der Waals surface area (Å²) in [4.78, 5) is 31.2. The number of hydrogen-bond acceptors (Lipinski definition) is 8. The molecule has 11 heteroatoms. The van der Waals surface area contributed by atoms with Crippen LogP contribution in [0.25, 0.3) is 11.2 Å². The van der Waals surface area contributed by atoms with Gasteiger partial charge in [0.2, 0.25) is 5.95 Å². The van der Waals surface area contributed by atoms with Crippen molar-refractivity contribution in [1.82, 2.24) is 19.1 Å². The number of aromatic nitrogens is 4. The third-order valence-corrected chi connectivity index (χ3v) is 5.08. The average Bonchev–Trinajstić information content (AvgIpc) is 3.21. The first-order valence-electron chi connectivity index (χ1n) is 10.4. The molecule has 4 aromatic rings. The molecule has 2 aromatic heterocycles. The second kappa shape index (κ2) is 10.0. The Morgan fingerprint density at radius 2 is 1.85 bits per heavy atom. The molecule has 3 N–H and O–H groups in total. The highest BCUT2D eigenvalue weighted by Gasteiger charge is 2.20. The molecule has 0 spiro atoms. The summed E-state index contributed by atoms with van der Waals surface area (Å²) in [6.45, 7) is -0.0699. The minimum atomic E-state index is -0.991. The Hall–Kier alpha value is -4.38. The summed E-state index contributed by atoms with van der Waals surface area (Å²) in [5.41, 5.74) is 2.74. The summed E-state index contributed by atoms with van der Waals surface area (Å²) >= 11 is 0. The van der Waals surface area contributed by atoms with Crippen molar-refractivity contribution in [3.05, 3.63) is 81.0 Å². The zero-order valence-electron chi connectivity index (χ0n) is 18.6. The third kappa shape index (κ3) is 4.99. The summed E-state index contributed by atoms with van der Waals surface area (Å²) in [5.74, 6) is 1.44. The van der Waals surface area contributed by atoms with Crippen molar-refractivity contribution in [1.29, 1.82) is 0 Å². The number of aromatic amines is 1. The number of benzene rings is 2. The van der Waals surface area contributed by atoms with E-state index in [1.54, 1.807) is 37.6 Å². The van der Waals surface area contributed by atoms with E-state index < -0.39 is 17.4 Å². The maximum atomic E-state index is 12.6. The van der Waals surface area contributed by atoms with Crippen LogP contribution in [-0.4, -0.2) is 50.2 Å². The van der Waals surface area contributed by atoms with Crippen LogP contribution in [0.2, 0.25) is 0 Å². The number of nitrogens with zero attached hydrogens (tertiary/aromatic N) is 4. The fourth-order valence-corrected chi connectivity index (χ4v) is 3.33. The number of H-pyrrole nitrogens is 1. The zero-order chi connectivity index (χ0) is 24.1. The quantitative estimate of drug-likeness (QED) is 0.251. The Morgan fingerprint density at radius 3 is 2.56 bits per heavy atom. The van der Waals surface area contributed by atoms with Gasteiger partial charge >= 0.3 is 5.69 Å². The van der Waals surface area contributed by atoms with Crippen LogP contribution < -0.4 is 26.1 Å². The highest BCUT2D eigenvalue weighted by Crippen LogP contribution is 2.19. The summed E-state index contributed by atoms with van der Waals surface area (Å²) in [6, 6.07) is 16.4. The molecule has 2 heterocycles. The summed E-state index contributed by atoms with van der Waals surface area (Å²) in [7, 11) is 3.07. The number of methoxy groups -OCH3 is 1. The number of aliphatic hydroxyl groups is 1. The van der Waals surface area contributed by atoms with E-state index in [0.717, 1.165) is 5.56 Å². The number of nitrogens with one attached hydrogen (secondary N) is 2. The lowest BCUT2D eigenvalue weighted by Gasteiger charge is -2.15. The van der Waals surface area contributed by atoms with Gasteiger partial charge in [-0.2, -0.15) is 10.1 Å². The molecule has 0 aliphatic heterocycles. The topological polar surface area (TPSA) is 136 Å². The average molecular weight is 464 g/mol. The van der Waals surface area contributed by atoms with Crippen LogP contribution in [0, 0.1) is 0 Å². The second-order valence-electron chi connectivity index (χ2n) is 7.46. The number of hydrazone groups is 1. The number of anilines is 1. The van der Waals surface area contributed by atoms with Crippen LogP contribution in [0.3, 0.4) is 0 Å². The lowest BCUT2D eigenvalue weighted by Crippen LogP contribution is -2.30. The van der Waals surface area contributed by atoms with E-state index in [1.165, 1.54) is 16.2 Å². The fraction of sp³-hybridized carbons (Fsp3) is 0.217. The van der Waals surface area contributed by atoms with Crippen LogP contribution >= 0.6 is 0 Å². The van der Waals surface area contributed by atoms with Gasteiger partial charge in [0.15, 0.2) is 11.2 Å². The fourth-order valence-electron chi connectivity index (χ4n) is 3.33. The normalized spacial score (nSPS) is 12.2. The van der Waals surface area contributed by atoms with Crippen LogP contribution in [0.5, 0.6) is 11.5 Å². The first-order valence-corrected chi connectivity index (χ1v) is 10.4. The SMILES string of the molecule is COc1ccc(OC[C@H](O)Cn2c(N/N=C/c3ccccc3)nc3c2c(=O)[nH]c(=O)n3C)cc1. The standard InChI is InChI=1S/C23H24N6O5/c1-28-20-19(21(31)26-23(28)32)29(22(25-20)27-24-12-15-6-4-3-5-7-15)13-16(30)14-34-18-10-8-17(33-2)9-11-18/h3-12,16,30H,13-14H2,1-2H3,(H,25,27)(H,26,31,32)/b24-12+/t16-/m1/s1. The Labute approximate surface area is 193 Å². The maximum Gasteiger partial charge on any atom is 0.329 e. The summed E-state index contributed by atoms with van der Waals surface area (Å²) in [6.07, 6.45) is 0.602. The Bertz CT molecular complexity index is 1410. The second-order valence-corrected chi connectivity index (χ2v) is 7.46. The van der Waals surface area contributed by atoms with E-state index in [-0.39, 0.29) is 30.3 Å². The molecular formula is C23H24N6O5. The molecule has 1 atom stereocenters. The molecule has 0 aliphatic rings. The van der Waals surface area contributed by atoms with E-state index in [9.17, 15) is 14.7 Å². The number of aliphatic hydroxyl groups excluding tert-OH is 1. The minimum absolute atomic E-state index is 0.0306. The predicted molar refractivity (Wildman–Crippen MR) is 128 cm³/mol. The molecule has 0 radical (unpaired) electrons. The molecule has 4 rings (SSSR count). The van der Waals surface area contributed by atoms with Crippen LogP contribution in [0.15, 0.2) is 69.3 Å². The Kier molecular flexibility index (Phi) is 6.74. The number of hydrogen-bond donors (Lipinski definition) is 3. The molecule has 0 aliphatic carbocycles. The molecule has 176 valence electrons. The highest BCUT2D eigenvalue weighted by molar-refractivity contribution is 5.80. The van der Waals surface area contributed by atoms with Gasteiger partial charge in [-0.1, -0.05) is 30.3 Å². The monoisotopic (exact) mass is 464 g/mol. The molecule has 0 unspecified atom stereocenters. The first kappa shape index (κ1) is 22.8. The molecule has 0 bridgehead atoms. The summed E-state index contributed by atoms with van der Waals surface area (Å²) < 4.78 is 13.5. The van der Waals surface area contributed by atoms with Crippen molar-refractivity contribution in [2.45, 2.75) is 12.6 Å².